The zero-order chi connectivity index (χ0) is 15.0. The van der Waals surface area contributed by atoms with Gasteiger partial charge in [0.05, 0.1) is 0 Å². The van der Waals surface area contributed by atoms with Gasteiger partial charge < -0.3 is 4.74 Å². The molecular weight excluding hydrogens is 312 g/mol. The molecule has 0 heterocycles. The average Bonchev–Trinajstić information content (AvgIpc) is 2.78. The minimum atomic E-state index is -4.34. The molecule has 0 saturated heterocycles. The molecule has 1 aliphatic carbocycles. The van der Waals surface area contributed by atoms with Gasteiger partial charge in [-0.2, -0.15) is 8.42 Å². The molecule has 0 spiro atoms. The first-order valence-corrected chi connectivity index (χ1v) is 8.59. The van der Waals surface area contributed by atoms with Crippen molar-refractivity contribution in [2.75, 3.05) is 6.61 Å². The molecule has 4 nitrogen and oxygen atoms in total. The average molecular weight is 323 g/mol. The van der Waals surface area contributed by atoms with Crippen LogP contribution in [0.3, 0.4) is 0 Å². The largest absolute Gasteiger partial charge is 0.452 e. The molecular formula is C15H11ClO4S. The summed E-state index contributed by atoms with van der Waals surface area (Å²) in [5.74, 6) is -0.181. The Bertz CT molecular complexity index is 768. The third-order valence-corrected chi connectivity index (χ3v) is 4.42. The summed E-state index contributed by atoms with van der Waals surface area (Å²) in [6.45, 7) is -0.0567. The third kappa shape index (κ3) is 2.54. The predicted molar refractivity (Wildman–Crippen MR) is 79.8 cm³/mol. The van der Waals surface area contributed by atoms with Crippen molar-refractivity contribution in [2.45, 2.75) is 5.92 Å². The summed E-state index contributed by atoms with van der Waals surface area (Å²) in [7, 11) is 0.629. The molecule has 2 aromatic rings. The Morgan fingerprint density at radius 3 is 1.95 bits per heavy atom. The van der Waals surface area contributed by atoms with Crippen molar-refractivity contribution in [3.8, 4) is 11.1 Å². The van der Waals surface area contributed by atoms with Crippen molar-refractivity contribution in [3.63, 3.8) is 0 Å². The van der Waals surface area contributed by atoms with E-state index in [1.54, 1.807) is 0 Å². The van der Waals surface area contributed by atoms with E-state index in [1.807, 2.05) is 48.5 Å². The van der Waals surface area contributed by atoms with Crippen molar-refractivity contribution in [1.82, 2.24) is 0 Å². The van der Waals surface area contributed by atoms with Gasteiger partial charge in [-0.15, -0.1) is 0 Å². The van der Waals surface area contributed by atoms with E-state index >= 15 is 0 Å². The Morgan fingerprint density at radius 2 is 1.48 bits per heavy atom. The Hall–Kier alpha value is -1.85. The summed E-state index contributed by atoms with van der Waals surface area (Å²) in [6.07, 6.45) is 0. The van der Waals surface area contributed by atoms with E-state index in [-0.39, 0.29) is 12.5 Å². The summed E-state index contributed by atoms with van der Waals surface area (Å²) >= 11 is 0. The third-order valence-electron chi connectivity index (χ3n) is 3.53. The van der Waals surface area contributed by atoms with E-state index in [1.165, 1.54) is 0 Å². The summed E-state index contributed by atoms with van der Waals surface area (Å²) in [6, 6.07) is 15.6. The number of carbonyl (C=O) groups is 1. The zero-order valence-electron chi connectivity index (χ0n) is 10.8. The first kappa shape index (κ1) is 14.1. The number of hydrogen-bond donors (Lipinski definition) is 0. The number of carbonyl (C=O) groups excluding carboxylic acids is 1. The number of rotatable bonds is 2. The Labute approximate surface area is 126 Å². The van der Waals surface area contributed by atoms with Gasteiger partial charge in [0, 0.05) is 16.6 Å². The molecule has 0 fully saturated rings. The van der Waals surface area contributed by atoms with Gasteiger partial charge in [-0.1, -0.05) is 48.5 Å². The van der Waals surface area contributed by atoms with Gasteiger partial charge in [0.2, 0.25) is 0 Å². The molecule has 0 unspecified atom stereocenters. The standard InChI is InChI=1S/C15H11ClO4S/c16-21(18,19)15(17)20-9-14-12-7-3-1-5-10(12)11-6-2-4-8-13(11)14/h1-8,14H,9H2. The van der Waals surface area contributed by atoms with Gasteiger partial charge in [-0.25, -0.2) is 4.79 Å². The van der Waals surface area contributed by atoms with Gasteiger partial charge in [0.15, 0.2) is 0 Å². The molecule has 0 N–H and O–H groups in total. The Kier molecular flexibility index (Phi) is 3.47. The van der Waals surface area contributed by atoms with E-state index in [2.05, 4.69) is 0 Å². The molecule has 3 rings (SSSR count). The van der Waals surface area contributed by atoms with Gasteiger partial charge in [-0.3, -0.25) is 0 Å². The minimum absolute atomic E-state index is 0.0567. The predicted octanol–water partition coefficient (Wildman–Crippen LogP) is 3.50. The molecule has 0 amide bonds. The fraction of sp³-hybridized carbons (Fsp3) is 0.133. The van der Waals surface area contributed by atoms with Crippen LogP contribution in [0.1, 0.15) is 17.0 Å². The molecule has 2 aromatic carbocycles. The number of benzene rings is 2. The molecule has 0 radical (unpaired) electrons. The maximum atomic E-state index is 11.3. The maximum absolute atomic E-state index is 11.3. The summed E-state index contributed by atoms with van der Waals surface area (Å²) in [5.41, 5.74) is 4.17. The lowest BCUT2D eigenvalue weighted by Gasteiger charge is -2.13. The topological polar surface area (TPSA) is 60.4 Å². The van der Waals surface area contributed by atoms with Crippen molar-refractivity contribution in [3.05, 3.63) is 59.7 Å². The van der Waals surface area contributed by atoms with Gasteiger partial charge in [0.25, 0.3) is 0 Å². The number of ether oxygens (including phenoxy) is 1. The van der Waals surface area contributed by atoms with Gasteiger partial charge in [0.1, 0.15) is 6.61 Å². The highest BCUT2D eigenvalue weighted by Crippen LogP contribution is 2.44. The van der Waals surface area contributed by atoms with Crippen molar-refractivity contribution in [1.29, 1.82) is 0 Å². The fourth-order valence-corrected chi connectivity index (χ4v) is 3.00. The van der Waals surface area contributed by atoms with Crippen LogP contribution < -0.4 is 0 Å². The minimum Gasteiger partial charge on any atom is -0.452 e. The second-order valence-corrected chi connectivity index (χ2v) is 7.15. The van der Waals surface area contributed by atoms with E-state index in [4.69, 9.17) is 15.4 Å². The highest BCUT2D eigenvalue weighted by molar-refractivity contribution is 8.25. The van der Waals surface area contributed by atoms with Crippen LogP contribution in [0, 0.1) is 0 Å². The van der Waals surface area contributed by atoms with E-state index in [0.29, 0.717) is 0 Å². The molecule has 0 aliphatic heterocycles. The second kappa shape index (κ2) is 5.16. The van der Waals surface area contributed by atoms with Crippen LogP contribution in [0.2, 0.25) is 0 Å². The molecule has 0 atom stereocenters. The van der Waals surface area contributed by atoms with Crippen LogP contribution in [-0.4, -0.2) is 20.3 Å². The SMILES string of the molecule is O=C(OCC1c2ccccc2-c2ccccc21)S(=O)(=O)Cl. The summed E-state index contributed by atoms with van der Waals surface area (Å²) in [4.78, 5) is 11.3. The number of hydrogen-bond acceptors (Lipinski definition) is 4. The lowest BCUT2D eigenvalue weighted by atomic mass is 9.98. The first-order valence-electron chi connectivity index (χ1n) is 6.28. The zero-order valence-corrected chi connectivity index (χ0v) is 12.4. The van der Waals surface area contributed by atoms with Crippen LogP contribution >= 0.6 is 10.7 Å². The van der Waals surface area contributed by atoms with Crippen molar-refractivity contribution < 1.29 is 17.9 Å². The van der Waals surface area contributed by atoms with Gasteiger partial charge in [-0.05, 0) is 22.3 Å². The van der Waals surface area contributed by atoms with Crippen LogP contribution in [0.15, 0.2) is 48.5 Å². The van der Waals surface area contributed by atoms with Crippen LogP contribution in [0.5, 0.6) is 0 Å². The monoisotopic (exact) mass is 322 g/mol. The Balaban J connectivity index is 1.94. The highest BCUT2D eigenvalue weighted by Gasteiger charge is 2.30. The maximum Gasteiger partial charge on any atom is 0.440 e. The fourth-order valence-electron chi connectivity index (χ4n) is 2.66. The number of fused-ring (bicyclic) bond motifs is 3. The van der Waals surface area contributed by atoms with Crippen molar-refractivity contribution in [2.24, 2.45) is 0 Å². The normalized spacial score (nSPS) is 13.6. The summed E-state index contributed by atoms with van der Waals surface area (Å²) < 4.78 is 26.7. The molecule has 108 valence electrons. The highest BCUT2D eigenvalue weighted by atomic mass is 35.7. The van der Waals surface area contributed by atoms with E-state index in [0.717, 1.165) is 22.3 Å². The molecule has 0 saturated carbocycles. The second-order valence-electron chi connectivity index (χ2n) is 4.73. The number of halogens is 1. The van der Waals surface area contributed by atoms with Crippen LogP contribution in [0.4, 0.5) is 4.79 Å². The Morgan fingerprint density at radius 1 is 1.00 bits per heavy atom. The van der Waals surface area contributed by atoms with Crippen LogP contribution in [0.25, 0.3) is 11.1 Å². The first-order chi connectivity index (χ1) is 9.98. The smallest absolute Gasteiger partial charge is 0.440 e. The quantitative estimate of drug-likeness (QED) is 0.627. The molecule has 6 heteroatoms. The molecule has 0 aromatic heterocycles. The summed E-state index contributed by atoms with van der Waals surface area (Å²) in [5, 5.41) is -1.41. The molecule has 21 heavy (non-hydrogen) atoms. The van der Waals surface area contributed by atoms with E-state index < -0.39 is 14.4 Å². The molecule has 1 aliphatic rings. The lowest BCUT2D eigenvalue weighted by molar-refractivity contribution is 0.169. The van der Waals surface area contributed by atoms with Gasteiger partial charge >= 0.3 is 14.4 Å². The lowest BCUT2D eigenvalue weighted by Crippen LogP contribution is -2.15. The van der Waals surface area contributed by atoms with E-state index in [9.17, 15) is 13.2 Å². The van der Waals surface area contributed by atoms with Crippen molar-refractivity contribution >= 4 is 25.0 Å². The molecule has 0 bridgehead atoms. The van der Waals surface area contributed by atoms with Crippen LogP contribution in [-0.2, 0) is 13.8 Å².